The molecule has 25 heavy (non-hydrogen) atoms. The van der Waals surface area contributed by atoms with E-state index >= 15 is 0 Å². The van der Waals surface area contributed by atoms with Gasteiger partial charge in [0.25, 0.3) is 0 Å². The van der Waals surface area contributed by atoms with E-state index in [1.54, 1.807) is 18.2 Å². The lowest BCUT2D eigenvalue weighted by Gasteiger charge is -2.17. The quantitative estimate of drug-likeness (QED) is 0.408. The van der Waals surface area contributed by atoms with E-state index in [9.17, 15) is 13.2 Å². The number of amides is 1. The van der Waals surface area contributed by atoms with Crippen molar-refractivity contribution in [3.05, 3.63) is 66.2 Å². The summed E-state index contributed by atoms with van der Waals surface area (Å²) in [5.41, 5.74) is 2.74. The fraction of sp³-hybridized carbons (Fsp3) is 0.316. The van der Waals surface area contributed by atoms with Crippen molar-refractivity contribution < 1.29 is 18.4 Å². The Hall–Kier alpha value is -2.18. The number of unbranched alkanes of at least 4 members (excludes halogenated alkanes) is 1. The van der Waals surface area contributed by atoms with Crippen molar-refractivity contribution >= 4 is 15.7 Å². The van der Waals surface area contributed by atoms with Crippen LogP contribution >= 0.6 is 0 Å². The summed E-state index contributed by atoms with van der Waals surface area (Å²) in [6.45, 7) is 0. The molecule has 0 saturated carbocycles. The summed E-state index contributed by atoms with van der Waals surface area (Å²) < 4.78 is 25.6. The van der Waals surface area contributed by atoms with Crippen molar-refractivity contribution in [2.45, 2.75) is 42.2 Å². The first-order chi connectivity index (χ1) is 12.0. The molecule has 2 aromatic rings. The first kappa shape index (κ1) is 19.1. The predicted molar refractivity (Wildman–Crippen MR) is 96.0 cm³/mol. The molecule has 0 radical (unpaired) electrons. The average molecular weight is 361 g/mol. The van der Waals surface area contributed by atoms with Gasteiger partial charge in [-0.2, -0.15) is 0 Å². The van der Waals surface area contributed by atoms with Crippen LogP contribution in [-0.2, 0) is 21.1 Å². The lowest BCUT2D eigenvalue weighted by molar-refractivity contribution is -0.129. The molecule has 1 amide bonds. The van der Waals surface area contributed by atoms with E-state index in [4.69, 9.17) is 5.21 Å². The first-order valence-electron chi connectivity index (χ1n) is 8.30. The van der Waals surface area contributed by atoms with Crippen molar-refractivity contribution in [1.82, 2.24) is 5.48 Å². The second-order valence-electron chi connectivity index (χ2n) is 5.95. The number of aryl methyl sites for hydroxylation is 1. The standard InChI is InChI=1S/C19H23NO4S/c21-19(20-22)15-18(25(23,24)17-12-5-2-6-13-17)14-8-7-11-16-9-3-1-4-10-16/h1-6,9-10,12-13,18,22H,7-8,11,14-15H2,(H,20,21). The monoisotopic (exact) mass is 361 g/mol. The molecule has 0 aliphatic carbocycles. The molecule has 1 unspecified atom stereocenters. The fourth-order valence-corrected chi connectivity index (χ4v) is 4.54. The molecule has 0 heterocycles. The maximum Gasteiger partial charge on any atom is 0.244 e. The Morgan fingerprint density at radius 3 is 2.16 bits per heavy atom. The van der Waals surface area contributed by atoms with Gasteiger partial charge in [0.1, 0.15) is 0 Å². The van der Waals surface area contributed by atoms with Crippen LogP contribution in [0.15, 0.2) is 65.6 Å². The van der Waals surface area contributed by atoms with Gasteiger partial charge in [0.05, 0.1) is 10.1 Å². The minimum Gasteiger partial charge on any atom is -0.289 e. The number of hydroxylamine groups is 1. The molecule has 0 bridgehead atoms. The molecule has 134 valence electrons. The van der Waals surface area contributed by atoms with Gasteiger partial charge in [-0.1, -0.05) is 55.0 Å². The van der Waals surface area contributed by atoms with Gasteiger partial charge >= 0.3 is 0 Å². The number of nitrogens with one attached hydrogen (secondary N) is 1. The van der Waals surface area contributed by atoms with Crippen molar-refractivity contribution in [1.29, 1.82) is 0 Å². The predicted octanol–water partition coefficient (Wildman–Crippen LogP) is 3.14. The second-order valence-corrected chi connectivity index (χ2v) is 8.18. The molecule has 0 aromatic heterocycles. The van der Waals surface area contributed by atoms with E-state index in [1.807, 2.05) is 30.3 Å². The minimum absolute atomic E-state index is 0.203. The molecule has 1 atom stereocenters. The van der Waals surface area contributed by atoms with Crippen molar-refractivity contribution in [2.75, 3.05) is 0 Å². The lowest BCUT2D eigenvalue weighted by atomic mass is 10.1. The molecule has 0 spiro atoms. The van der Waals surface area contributed by atoms with Crippen molar-refractivity contribution in [2.24, 2.45) is 0 Å². The Morgan fingerprint density at radius 1 is 0.960 bits per heavy atom. The fourth-order valence-electron chi connectivity index (χ4n) is 2.77. The Bertz CT molecular complexity index is 761. The molecule has 0 saturated heterocycles. The number of hydrogen-bond acceptors (Lipinski definition) is 4. The number of sulfone groups is 1. The topological polar surface area (TPSA) is 83.5 Å². The van der Waals surface area contributed by atoms with Crippen LogP contribution in [0.3, 0.4) is 0 Å². The van der Waals surface area contributed by atoms with E-state index in [1.165, 1.54) is 23.2 Å². The van der Waals surface area contributed by atoms with Gasteiger partial charge < -0.3 is 0 Å². The van der Waals surface area contributed by atoms with E-state index in [0.717, 1.165) is 12.8 Å². The molecule has 2 rings (SSSR count). The summed E-state index contributed by atoms with van der Waals surface area (Å²) in [5, 5.41) is 7.90. The SMILES string of the molecule is O=C(CC(CCCCc1ccccc1)S(=O)(=O)c1ccccc1)NO. The molecule has 5 nitrogen and oxygen atoms in total. The molecule has 2 N–H and O–H groups in total. The van der Waals surface area contributed by atoms with Crippen molar-refractivity contribution in [3.63, 3.8) is 0 Å². The Kier molecular flexibility index (Phi) is 7.16. The van der Waals surface area contributed by atoms with E-state index in [2.05, 4.69) is 0 Å². The van der Waals surface area contributed by atoms with Crippen LogP contribution in [0.1, 0.15) is 31.2 Å². The maximum absolute atomic E-state index is 12.8. The Labute approximate surface area is 148 Å². The van der Waals surface area contributed by atoms with Crippen molar-refractivity contribution in [3.8, 4) is 0 Å². The third-order valence-corrected chi connectivity index (χ3v) is 6.34. The zero-order chi connectivity index (χ0) is 18.1. The van der Waals surface area contributed by atoms with Gasteiger partial charge in [-0.25, -0.2) is 13.9 Å². The van der Waals surface area contributed by atoms with Crippen LogP contribution in [0.2, 0.25) is 0 Å². The van der Waals surface area contributed by atoms with E-state index < -0.39 is 21.0 Å². The van der Waals surface area contributed by atoms with Crippen LogP contribution in [0.4, 0.5) is 0 Å². The number of carbonyl (C=O) groups is 1. The van der Waals surface area contributed by atoms with Gasteiger partial charge in [-0.3, -0.25) is 10.0 Å². The summed E-state index contributed by atoms with van der Waals surface area (Å²) in [5.74, 6) is -0.687. The molecule has 0 aliphatic rings. The number of hydrogen-bond donors (Lipinski definition) is 2. The normalized spacial score (nSPS) is 12.5. The van der Waals surface area contributed by atoms with Gasteiger partial charge in [-0.15, -0.1) is 0 Å². The van der Waals surface area contributed by atoms with Crippen LogP contribution in [0.25, 0.3) is 0 Å². The first-order valence-corrected chi connectivity index (χ1v) is 9.84. The van der Waals surface area contributed by atoms with Gasteiger partial charge in [0.2, 0.25) is 5.91 Å². The third kappa shape index (κ3) is 5.69. The summed E-state index contributed by atoms with van der Waals surface area (Å²) in [6, 6.07) is 18.1. The molecular formula is C19H23NO4S. The van der Waals surface area contributed by atoms with E-state index in [-0.39, 0.29) is 11.3 Å². The summed E-state index contributed by atoms with van der Waals surface area (Å²) in [7, 11) is -3.62. The summed E-state index contributed by atoms with van der Waals surface area (Å²) in [6.07, 6.45) is 2.51. The van der Waals surface area contributed by atoms with E-state index in [0.29, 0.717) is 12.8 Å². The molecule has 6 heteroatoms. The Balaban J connectivity index is 2.01. The third-order valence-electron chi connectivity index (χ3n) is 4.13. The molecular weight excluding hydrogens is 338 g/mol. The maximum atomic E-state index is 12.8. The molecule has 0 fully saturated rings. The van der Waals surface area contributed by atoms with Gasteiger partial charge in [-0.05, 0) is 37.0 Å². The zero-order valence-electron chi connectivity index (χ0n) is 14.0. The highest BCUT2D eigenvalue weighted by atomic mass is 32.2. The highest BCUT2D eigenvalue weighted by Gasteiger charge is 2.29. The number of benzene rings is 2. The van der Waals surface area contributed by atoms with Crippen LogP contribution in [0, 0.1) is 0 Å². The Morgan fingerprint density at radius 2 is 1.56 bits per heavy atom. The van der Waals surface area contributed by atoms with Crippen LogP contribution < -0.4 is 5.48 Å². The second kappa shape index (κ2) is 9.34. The van der Waals surface area contributed by atoms with Gasteiger partial charge in [0.15, 0.2) is 9.84 Å². The lowest BCUT2D eigenvalue weighted by Crippen LogP contribution is -2.30. The molecule has 0 aliphatic heterocycles. The average Bonchev–Trinajstić information content (AvgIpc) is 2.65. The molecule has 2 aromatic carbocycles. The van der Waals surface area contributed by atoms with Crippen LogP contribution in [0.5, 0.6) is 0 Å². The summed E-state index contributed by atoms with van der Waals surface area (Å²) in [4.78, 5) is 11.7. The van der Waals surface area contributed by atoms with Crippen LogP contribution in [-0.4, -0.2) is 24.8 Å². The number of rotatable bonds is 9. The highest BCUT2D eigenvalue weighted by Crippen LogP contribution is 2.23. The highest BCUT2D eigenvalue weighted by molar-refractivity contribution is 7.92. The summed E-state index contributed by atoms with van der Waals surface area (Å²) >= 11 is 0. The zero-order valence-corrected chi connectivity index (χ0v) is 14.8. The smallest absolute Gasteiger partial charge is 0.244 e. The largest absolute Gasteiger partial charge is 0.289 e. The number of carbonyl (C=O) groups excluding carboxylic acids is 1. The van der Waals surface area contributed by atoms with Gasteiger partial charge in [0, 0.05) is 6.42 Å². The minimum atomic E-state index is -3.62.